The molecule has 1 aromatic heterocycles. The second-order valence-electron chi connectivity index (χ2n) is 6.57. The van der Waals surface area contributed by atoms with E-state index in [2.05, 4.69) is 21.7 Å². The van der Waals surface area contributed by atoms with E-state index in [-0.39, 0.29) is 11.8 Å². The molecule has 1 atom stereocenters. The second-order valence-corrected chi connectivity index (χ2v) is 7.56. The summed E-state index contributed by atoms with van der Waals surface area (Å²) in [6, 6.07) is 16.6. The minimum Gasteiger partial charge on any atom is -0.361 e. The van der Waals surface area contributed by atoms with E-state index in [0.717, 1.165) is 17.7 Å². The predicted molar refractivity (Wildman–Crippen MR) is 116 cm³/mol. The van der Waals surface area contributed by atoms with Crippen LogP contribution in [-0.4, -0.2) is 41.4 Å². The number of aromatic amines is 1. The van der Waals surface area contributed by atoms with Crippen LogP contribution < -0.4 is 10.6 Å². The minimum absolute atomic E-state index is 0.141. The molecule has 6 heteroatoms. The molecule has 0 saturated heterocycles. The van der Waals surface area contributed by atoms with E-state index in [0.29, 0.717) is 18.5 Å². The maximum Gasteiger partial charge on any atom is 0.251 e. The van der Waals surface area contributed by atoms with Crippen LogP contribution in [0, 0.1) is 0 Å². The number of nitrogens with one attached hydrogen (secondary N) is 3. The average Bonchev–Trinajstić information content (AvgIpc) is 3.14. The smallest absolute Gasteiger partial charge is 0.251 e. The Morgan fingerprint density at radius 2 is 1.82 bits per heavy atom. The zero-order chi connectivity index (χ0) is 19.8. The molecular weight excluding hydrogens is 370 g/mol. The van der Waals surface area contributed by atoms with Gasteiger partial charge >= 0.3 is 0 Å². The lowest BCUT2D eigenvalue weighted by Crippen LogP contribution is -2.47. The van der Waals surface area contributed by atoms with Crippen LogP contribution >= 0.6 is 11.8 Å². The number of fused-ring (bicyclic) bond motifs is 1. The molecule has 3 aromatic rings. The van der Waals surface area contributed by atoms with Crippen molar-refractivity contribution in [1.82, 2.24) is 15.6 Å². The maximum absolute atomic E-state index is 12.7. The van der Waals surface area contributed by atoms with Crippen LogP contribution in [0.2, 0.25) is 0 Å². The van der Waals surface area contributed by atoms with Crippen molar-refractivity contribution in [3.05, 3.63) is 71.9 Å². The molecule has 0 saturated carbocycles. The quantitative estimate of drug-likeness (QED) is 0.520. The van der Waals surface area contributed by atoms with Crippen LogP contribution in [0.1, 0.15) is 22.3 Å². The van der Waals surface area contributed by atoms with Gasteiger partial charge in [0.15, 0.2) is 0 Å². The Morgan fingerprint density at radius 1 is 1.07 bits per heavy atom. The molecule has 0 radical (unpaired) electrons. The number of aromatic nitrogens is 1. The number of hydrogen-bond acceptors (Lipinski definition) is 3. The van der Waals surface area contributed by atoms with Crippen LogP contribution in [0.25, 0.3) is 10.9 Å². The van der Waals surface area contributed by atoms with Crippen molar-refractivity contribution in [1.29, 1.82) is 0 Å². The Balaban J connectivity index is 1.57. The first-order chi connectivity index (χ1) is 13.7. The summed E-state index contributed by atoms with van der Waals surface area (Å²) < 4.78 is 0. The number of H-pyrrole nitrogens is 1. The fourth-order valence-corrected chi connectivity index (χ4v) is 3.59. The molecule has 1 heterocycles. The Morgan fingerprint density at radius 3 is 2.61 bits per heavy atom. The van der Waals surface area contributed by atoms with E-state index < -0.39 is 6.04 Å². The van der Waals surface area contributed by atoms with Crippen molar-refractivity contribution in [2.24, 2.45) is 0 Å². The van der Waals surface area contributed by atoms with Gasteiger partial charge in [-0.25, -0.2) is 0 Å². The van der Waals surface area contributed by atoms with Crippen LogP contribution in [0.3, 0.4) is 0 Å². The first kappa shape index (κ1) is 20.0. The molecule has 0 spiro atoms. The Labute approximate surface area is 169 Å². The predicted octanol–water partition coefficient (Wildman–Crippen LogP) is 3.38. The Hall–Kier alpha value is -2.73. The molecule has 0 bridgehead atoms. The standard InChI is InChI=1S/C22H25N3O2S/c1-28-14-12-20(25-21(26)16-7-3-2-4-8-16)22(27)23-13-11-17-15-24-19-10-6-5-9-18(17)19/h2-10,15,20,24H,11-14H2,1H3,(H,23,27)(H,25,26)/t20-/m0/s1. The van der Waals surface area contributed by atoms with E-state index in [1.165, 1.54) is 10.9 Å². The SMILES string of the molecule is CSCC[C@H](NC(=O)c1ccccc1)C(=O)NCCc1c[nH]c2ccccc12. The van der Waals surface area contributed by atoms with Crippen LogP contribution in [0.5, 0.6) is 0 Å². The molecule has 5 nitrogen and oxygen atoms in total. The number of benzene rings is 2. The molecule has 3 N–H and O–H groups in total. The zero-order valence-corrected chi connectivity index (χ0v) is 16.7. The fourth-order valence-electron chi connectivity index (χ4n) is 3.12. The lowest BCUT2D eigenvalue weighted by atomic mass is 10.1. The van der Waals surface area contributed by atoms with E-state index in [9.17, 15) is 9.59 Å². The summed E-state index contributed by atoms with van der Waals surface area (Å²) in [5.74, 6) is 0.437. The van der Waals surface area contributed by atoms with Crippen molar-refractivity contribution in [2.45, 2.75) is 18.9 Å². The molecule has 28 heavy (non-hydrogen) atoms. The Bertz CT molecular complexity index is 924. The van der Waals surface area contributed by atoms with Gasteiger partial charge in [0, 0.05) is 29.2 Å². The van der Waals surface area contributed by atoms with Crippen molar-refractivity contribution in [3.8, 4) is 0 Å². The molecule has 3 rings (SSSR count). The van der Waals surface area contributed by atoms with Gasteiger partial charge in [-0.2, -0.15) is 11.8 Å². The van der Waals surface area contributed by atoms with E-state index >= 15 is 0 Å². The highest BCUT2D eigenvalue weighted by atomic mass is 32.2. The summed E-state index contributed by atoms with van der Waals surface area (Å²) in [5, 5.41) is 7.02. The summed E-state index contributed by atoms with van der Waals surface area (Å²) >= 11 is 1.66. The summed E-state index contributed by atoms with van der Waals surface area (Å²) in [5.41, 5.74) is 2.82. The summed E-state index contributed by atoms with van der Waals surface area (Å²) in [6.45, 7) is 0.525. The lowest BCUT2D eigenvalue weighted by molar-refractivity contribution is -0.122. The van der Waals surface area contributed by atoms with Gasteiger partial charge in [0.1, 0.15) is 6.04 Å². The van der Waals surface area contributed by atoms with Gasteiger partial charge < -0.3 is 15.6 Å². The largest absolute Gasteiger partial charge is 0.361 e. The average molecular weight is 396 g/mol. The Kier molecular flexibility index (Phi) is 7.14. The van der Waals surface area contributed by atoms with Gasteiger partial charge in [0.2, 0.25) is 5.91 Å². The normalized spacial score (nSPS) is 11.9. The topological polar surface area (TPSA) is 74.0 Å². The lowest BCUT2D eigenvalue weighted by Gasteiger charge is -2.18. The highest BCUT2D eigenvalue weighted by molar-refractivity contribution is 7.98. The third-order valence-corrected chi connectivity index (χ3v) is 5.28. The number of carbonyl (C=O) groups is 2. The summed E-state index contributed by atoms with van der Waals surface area (Å²) in [7, 11) is 0. The monoisotopic (exact) mass is 395 g/mol. The summed E-state index contributed by atoms with van der Waals surface area (Å²) in [4.78, 5) is 28.3. The molecule has 2 amide bonds. The third-order valence-electron chi connectivity index (χ3n) is 4.64. The van der Waals surface area contributed by atoms with Crippen molar-refractivity contribution in [2.75, 3.05) is 18.6 Å². The number of amides is 2. The van der Waals surface area contributed by atoms with Crippen LogP contribution in [0.4, 0.5) is 0 Å². The first-order valence-electron chi connectivity index (χ1n) is 9.36. The van der Waals surface area contributed by atoms with Gasteiger partial charge in [-0.05, 0) is 48.6 Å². The van der Waals surface area contributed by atoms with Crippen molar-refractivity contribution in [3.63, 3.8) is 0 Å². The van der Waals surface area contributed by atoms with Crippen LogP contribution in [-0.2, 0) is 11.2 Å². The zero-order valence-electron chi connectivity index (χ0n) is 15.9. The van der Waals surface area contributed by atoms with Gasteiger partial charge in [-0.15, -0.1) is 0 Å². The van der Waals surface area contributed by atoms with E-state index in [4.69, 9.17) is 0 Å². The van der Waals surface area contributed by atoms with Gasteiger partial charge in [0.05, 0.1) is 0 Å². The molecule has 2 aromatic carbocycles. The number of carbonyl (C=O) groups excluding carboxylic acids is 2. The molecule has 0 aliphatic rings. The number of thioether (sulfide) groups is 1. The minimum atomic E-state index is -0.539. The molecule has 0 fully saturated rings. The highest BCUT2D eigenvalue weighted by Gasteiger charge is 2.20. The van der Waals surface area contributed by atoms with Gasteiger partial charge in [-0.3, -0.25) is 9.59 Å². The van der Waals surface area contributed by atoms with Gasteiger partial charge in [-0.1, -0.05) is 36.4 Å². The third kappa shape index (κ3) is 5.16. The summed E-state index contributed by atoms with van der Waals surface area (Å²) in [6.07, 6.45) is 5.31. The molecular formula is C22H25N3O2S. The van der Waals surface area contributed by atoms with E-state index in [1.54, 1.807) is 23.9 Å². The van der Waals surface area contributed by atoms with Crippen molar-refractivity contribution < 1.29 is 9.59 Å². The number of hydrogen-bond donors (Lipinski definition) is 3. The molecule has 0 aliphatic heterocycles. The second kappa shape index (κ2) is 9.99. The maximum atomic E-state index is 12.7. The van der Waals surface area contributed by atoms with Crippen molar-refractivity contribution >= 4 is 34.5 Å². The molecule has 146 valence electrons. The first-order valence-corrected chi connectivity index (χ1v) is 10.8. The highest BCUT2D eigenvalue weighted by Crippen LogP contribution is 2.17. The fraction of sp³-hybridized carbons (Fsp3) is 0.273. The molecule has 0 aliphatic carbocycles. The molecule has 0 unspecified atom stereocenters. The number of rotatable bonds is 9. The van der Waals surface area contributed by atoms with Gasteiger partial charge in [0.25, 0.3) is 5.91 Å². The van der Waals surface area contributed by atoms with Crippen LogP contribution in [0.15, 0.2) is 60.8 Å². The van der Waals surface area contributed by atoms with E-state index in [1.807, 2.05) is 48.9 Å². The number of para-hydroxylation sites is 1.